The summed E-state index contributed by atoms with van der Waals surface area (Å²) in [5, 5.41) is 6.21. The van der Waals surface area contributed by atoms with Gasteiger partial charge in [-0.05, 0) is 43.2 Å². The quantitative estimate of drug-likeness (QED) is 0.645. The van der Waals surface area contributed by atoms with E-state index in [-0.39, 0.29) is 17.8 Å². The van der Waals surface area contributed by atoms with E-state index in [0.29, 0.717) is 41.6 Å². The molecule has 1 aliphatic rings. The standard InChI is InChI=1S/C22H22FN3O3/c1-3-18-22(27)26-17-9-8-14(10-19(17)28-18)13(2)24-12-21-25-11-20(29-21)15-6-4-5-7-16(15)23/h4-11,13,18,24H,3,12H2,1-2H3,(H,26,27). The van der Waals surface area contributed by atoms with Gasteiger partial charge in [0.1, 0.15) is 11.6 Å². The maximum atomic E-state index is 13.9. The number of ether oxygens (including phenoxy) is 1. The Morgan fingerprint density at radius 3 is 2.90 bits per heavy atom. The molecule has 150 valence electrons. The first-order valence-corrected chi connectivity index (χ1v) is 9.59. The number of oxazole rings is 1. The molecule has 2 N–H and O–H groups in total. The Morgan fingerprint density at radius 2 is 2.10 bits per heavy atom. The Bertz CT molecular complexity index is 1030. The van der Waals surface area contributed by atoms with Gasteiger partial charge in [0, 0.05) is 6.04 Å². The highest BCUT2D eigenvalue weighted by Gasteiger charge is 2.26. The van der Waals surface area contributed by atoms with Gasteiger partial charge in [-0.2, -0.15) is 0 Å². The molecule has 0 saturated carbocycles. The van der Waals surface area contributed by atoms with Crippen molar-refractivity contribution >= 4 is 11.6 Å². The highest BCUT2D eigenvalue weighted by molar-refractivity contribution is 5.97. The molecule has 1 aromatic heterocycles. The van der Waals surface area contributed by atoms with Gasteiger partial charge in [-0.15, -0.1) is 0 Å². The fourth-order valence-corrected chi connectivity index (χ4v) is 3.23. The number of hydrogen-bond acceptors (Lipinski definition) is 5. The molecule has 1 aliphatic heterocycles. The smallest absolute Gasteiger partial charge is 0.265 e. The molecule has 6 nitrogen and oxygen atoms in total. The topological polar surface area (TPSA) is 76.4 Å². The second kappa shape index (κ2) is 8.05. The number of nitrogens with zero attached hydrogens (tertiary/aromatic N) is 1. The minimum Gasteiger partial charge on any atom is -0.478 e. The molecule has 0 fully saturated rings. The third-order valence-corrected chi connectivity index (χ3v) is 4.95. The lowest BCUT2D eigenvalue weighted by Crippen LogP contribution is -2.36. The number of carbonyl (C=O) groups excluding carboxylic acids is 1. The van der Waals surface area contributed by atoms with Crippen LogP contribution in [0.1, 0.15) is 37.8 Å². The predicted molar refractivity (Wildman–Crippen MR) is 107 cm³/mol. The lowest BCUT2D eigenvalue weighted by Gasteiger charge is -2.26. The van der Waals surface area contributed by atoms with Crippen molar-refractivity contribution in [2.75, 3.05) is 5.32 Å². The Kier molecular flexibility index (Phi) is 5.31. The van der Waals surface area contributed by atoms with Gasteiger partial charge in [-0.25, -0.2) is 9.37 Å². The van der Waals surface area contributed by atoms with E-state index in [1.807, 2.05) is 32.0 Å². The summed E-state index contributed by atoms with van der Waals surface area (Å²) >= 11 is 0. The van der Waals surface area contributed by atoms with Gasteiger partial charge in [0.05, 0.1) is 24.0 Å². The van der Waals surface area contributed by atoms with Crippen molar-refractivity contribution in [3.63, 3.8) is 0 Å². The second-order valence-electron chi connectivity index (χ2n) is 6.96. The van der Waals surface area contributed by atoms with Crippen LogP contribution in [0.3, 0.4) is 0 Å². The van der Waals surface area contributed by atoms with Crippen LogP contribution in [0.2, 0.25) is 0 Å². The van der Waals surface area contributed by atoms with Crippen molar-refractivity contribution in [3.05, 3.63) is 65.9 Å². The molecule has 0 aliphatic carbocycles. The summed E-state index contributed by atoms with van der Waals surface area (Å²) in [6.45, 7) is 4.32. The number of benzene rings is 2. The molecule has 2 aromatic carbocycles. The molecule has 29 heavy (non-hydrogen) atoms. The molecule has 2 unspecified atom stereocenters. The fourth-order valence-electron chi connectivity index (χ4n) is 3.23. The van der Waals surface area contributed by atoms with Gasteiger partial charge in [-0.3, -0.25) is 4.79 Å². The molecule has 4 rings (SSSR count). The van der Waals surface area contributed by atoms with Crippen molar-refractivity contribution < 1.29 is 18.3 Å². The van der Waals surface area contributed by atoms with Gasteiger partial charge < -0.3 is 19.8 Å². The fraction of sp³-hybridized carbons (Fsp3) is 0.273. The first kappa shape index (κ1) is 19.1. The van der Waals surface area contributed by atoms with Crippen molar-refractivity contribution in [2.45, 2.75) is 39.0 Å². The third kappa shape index (κ3) is 4.00. The summed E-state index contributed by atoms with van der Waals surface area (Å²) in [7, 11) is 0. The second-order valence-corrected chi connectivity index (χ2v) is 6.96. The Morgan fingerprint density at radius 1 is 1.28 bits per heavy atom. The molecule has 0 bridgehead atoms. The van der Waals surface area contributed by atoms with Crippen LogP contribution in [-0.2, 0) is 11.3 Å². The summed E-state index contributed by atoms with van der Waals surface area (Å²) < 4.78 is 25.4. The SMILES string of the molecule is CCC1Oc2cc(C(C)NCc3ncc(-c4ccccc4F)o3)ccc2NC1=O. The van der Waals surface area contributed by atoms with Gasteiger partial charge in [0.2, 0.25) is 5.89 Å². The van der Waals surface area contributed by atoms with Crippen LogP contribution >= 0.6 is 0 Å². The maximum absolute atomic E-state index is 13.9. The number of anilines is 1. The summed E-state index contributed by atoms with van der Waals surface area (Å²) in [6, 6.07) is 12.1. The predicted octanol–water partition coefficient (Wildman–Crippen LogP) is 4.44. The molecule has 0 saturated heterocycles. The highest BCUT2D eigenvalue weighted by atomic mass is 19.1. The third-order valence-electron chi connectivity index (χ3n) is 4.95. The van der Waals surface area contributed by atoms with E-state index < -0.39 is 6.10 Å². The Labute approximate surface area is 168 Å². The van der Waals surface area contributed by atoms with Crippen LogP contribution in [0.5, 0.6) is 5.75 Å². The molecule has 7 heteroatoms. The van der Waals surface area contributed by atoms with Gasteiger partial charge >= 0.3 is 0 Å². The van der Waals surface area contributed by atoms with E-state index in [1.165, 1.54) is 12.3 Å². The van der Waals surface area contributed by atoms with Gasteiger partial charge in [0.25, 0.3) is 5.91 Å². The zero-order valence-electron chi connectivity index (χ0n) is 16.2. The van der Waals surface area contributed by atoms with Crippen molar-refractivity contribution in [1.82, 2.24) is 10.3 Å². The van der Waals surface area contributed by atoms with Crippen LogP contribution in [0.25, 0.3) is 11.3 Å². The van der Waals surface area contributed by atoms with E-state index in [4.69, 9.17) is 9.15 Å². The number of rotatable bonds is 6. The van der Waals surface area contributed by atoms with Crippen molar-refractivity contribution in [1.29, 1.82) is 0 Å². The number of hydrogen-bond donors (Lipinski definition) is 2. The summed E-state index contributed by atoms with van der Waals surface area (Å²) in [5.74, 6) is 1.08. The summed E-state index contributed by atoms with van der Waals surface area (Å²) in [5.41, 5.74) is 2.08. The van der Waals surface area contributed by atoms with Crippen LogP contribution in [0, 0.1) is 5.82 Å². The van der Waals surface area contributed by atoms with Gasteiger partial charge in [0.15, 0.2) is 11.9 Å². The Balaban J connectivity index is 1.42. The molecule has 0 radical (unpaired) electrons. The molecule has 0 spiro atoms. The van der Waals surface area contributed by atoms with Crippen LogP contribution in [0.4, 0.5) is 10.1 Å². The van der Waals surface area contributed by atoms with Crippen LogP contribution in [-0.4, -0.2) is 17.0 Å². The van der Waals surface area contributed by atoms with E-state index >= 15 is 0 Å². The van der Waals surface area contributed by atoms with Crippen LogP contribution < -0.4 is 15.4 Å². The zero-order valence-corrected chi connectivity index (χ0v) is 16.2. The molecular formula is C22H22FN3O3. The number of fused-ring (bicyclic) bond motifs is 1. The Hall–Kier alpha value is -3.19. The zero-order chi connectivity index (χ0) is 20.4. The average Bonchev–Trinajstić information content (AvgIpc) is 3.20. The van der Waals surface area contributed by atoms with Gasteiger partial charge in [-0.1, -0.05) is 25.1 Å². The normalized spacial score (nSPS) is 16.7. The molecule has 2 heterocycles. The molecule has 3 aromatic rings. The van der Waals surface area contributed by atoms with Crippen LogP contribution in [0.15, 0.2) is 53.1 Å². The first-order valence-electron chi connectivity index (χ1n) is 9.59. The molecular weight excluding hydrogens is 373 g/mol. The minimum atomic E-state index is -0.467. The number of halogens is 1. The minimum absolute atomic E-state index is 0.00887. The maximum Gasteiger partial charge on any atom is 0.265 e. The average molecular weight is 395 g/mol. The van der Waals surface area contributed by atoms with E-state index in [2.05, 4.69) is 15.6 Å². The highest BCUT2D eigenvalue weighted by Crippen LogP contribution is 2.33. The molecule has 1 amide bonds. The number of amides is 1. The summed E-state index contributed by atoms with van der Waals surface area (Å²) in [4.78, 5) is 16.1. The number of aromatic nitrogens is 1. The monoisotopic (exact) mass is 395 g/mol. The van der Waals surface area contributed by atoms with E-state index in [0.717, 1.165) is 5.56 Å². The van der Waals surface area contributed by atoms with Crippen molar-refractivity contribution in [2.24, 2.45) is 0 Å². The number of nitrogens with one attached hydrogen (secondary N) is 2. The van der Waals surface area contributed by atoms with E-state index in [9.17, 15) is 9.18 Å². The lowest BCUT2D eigenvalue weighted by atomic mass is 10.1. The molecule has 2 atom stereocenters. The summed E-state index contributed by atoms with van der Waals surface area (Å²) in [6.07, 6.45) is 1.67. The lowest BCUT2D eigenvalue weighted by molar-refractivity contribution is -0.123. The number of carbonyl (C=O) groups is 1. The first-order chi connectivity index (χ1) is 14.0. The van der Waals surface area contributed by atoms with E-state index in [1.54, 1.807) is 18.2 Å². The van der Waals surface area contributed by atoms with Crippen molar-refractivity contribution in [3.8, 4) is 17.1 Å². The largest absolute Gasteiger partial charge is 0.478 e.